The molecule has 0 bridgehead atoms. The summed E-state index contributed by atoms with van der Waals surface area (Å²) < 4.78 is 13.1. The molecule has 0 spiro atoms. The van der Waals surface area contributed by atoms with Crippen LogP contribution in [0.15, 0.2) is 66.3 Å². The van der Waals surface area contributed by atoms with E-state index >= 15 is 0 Å². The molecular weight excluding hydrogens is 404 g/mol. The number of benzene rings is 2. The molecule has 3 aromatic rings. The van der Waals surface area contributed by atoms with Crippen molar-refractivity contribution >= 4 is 17.4 Å². The Kier molecular flexibility index (Phi) is 7.08. The summed E-state index contributed by atoms with van der Waals surface area (Å²) in [6.07, 6.45) is 1.40. The molecule has 1 aromatic heterocycles. The molecule has 0 fully saturated rings. The number of hydrogen-bond acceptors (Lipinski definition) is 7. The number of allylic oxidation sites excluding steroid dienone is 1. The minimum Gasteiger partial charge on any atom is -0.497 e. The first kappa shape index (κ1) is 21.4. The lowest BCUT2D eigenvalue weighted by Crippen LogP contribution is -2.12. The first-order chi connectivity index (χ1) is 14.5. The monoisotopic (exact) mass is 426 g/mol. The zero-order chi connectivity index (χ0) is 21.5. The number of nitrogens with zero attached hydrogens (tertiary/aromatic N) is 4. The molecule has 0 N–H and O–H groups in total. The van der Waals surface area contributed by atoms with E-state index in [0.29, 0.717) is 34.6 Å². The normalized spacial score (nSPS) is 11.7. The summed E-state index contributed by atoms with van der Waals surface area (Å²) in [7, 11) is 1.61. The Morgan fingerprint density at radius 2 is 1.90 bits per heavy atom. The molecule has 30 heavy (non-hydrogen) atoms. The summed E-state index contributed by atoms with van der Waals surface area (Å²) >= 11 is 1.39. The molecule has 9 heteroatoms. The van der Waals surface area contributed by atoms with Crippen LogP contribution in [0.25, 0.3) is 0 Å². The van der Waals surface area contributed by atoms with Gasteiger partial charge in [-0.05, 0) is 31.2 Å². The van der Waals surface area contributed by atoms with E-state index in [0.717, 1.165) is 5.75 Å². The third kappa shape index (κ3) is 4.98. The number of aromatic nitrogens is 3. The molecule has 1 heterocycles. The van der Waals surface area contributed by atoms with E-state index in [1.54, 1.807) is 31.4 Å². The van der Waals surface area contributed by atoms with Crippen molar-refractivity contribution in [2.24, 2.45) is 0 Å². The highest BCUT2D eigenvalue weighted by atomic mass is 32.2. The summed E-state index contributed by atoms with van der Waals surface area (Å²) in [4.78, 5) is 10.9. The molecule has 1 atom stereocenters. The Bertz CT molecular complexity index is 1020. The van der Waals surface area contributed by atoms with Crippen LogP contribution in [0, 0.1) is 10.1 Å². The first-order valence-corrected chi connectivity index (χ1v) is 10.2. The van der Waals surface area contributed by atoms with Crippen molar-refractivity contribution in [3.05, 3.63) is 82.7 Å². The zero-order valence-electron chi connectivity index (χ0n) is 16.7. The van der Waals surface area contributed by atoms with E-state index in [-0.39, 0.29) is 16.7 Å². The van der Waals surface area contributed by atoms with Crippen LogP contribution in [0.1, 0.15) is 24.4 Å². The van der Waals surface area contributed by atoms with Crippen LogP contribution in [0.4, 0.5) is 5.69 Å². The summed E-state index contributed by atoms with van der Waals surface area (Å²) in [6.45, 7) is 6.20. The predicted molar refractivity (Wildman–Crippen MR) is 115 cm³/mol. The Morgan fingerprint density at radius 3 is 2.57 bits per heavy atom. The molecular formula is C21H22N4O4S. The fraction of sp³-hybridized carbons (Fsp3) is 0.238. The van der Waals surface area contributed by atoms with Crippen molar-refractivity contribution in [2.45, 2.75) is 30.5 Å². The average molecular weight is 426 g/mol. The predicted octanol–water partition coefficient (Wildman–Crippen LogP) is 4.81. The number of para-hydroxylation sites is 1. The maximum Gasteiger partial charge on any atom is 0.273 e. The van der Waals surface area contributed by atoms with Crippen LogP contribution in [0.5, 0.6) is 11.5 Å². The van der Waals surface area contributed by atoms with E-state index in [1.165, 1.54) is 17.8 Å². The Labute approximate surface area is 178 Å². The van der Waals surface area contributed by atoms with Gasteiger partial charge in [-0.1, -0.05) is 36.0 Å². The van der Waals surface area contributed by atoms with Crippen LogP contribution >= 0.6 is 11.8 Å². The molecule has 0 aliphatic carbocycles. The zero-order valence-corrected chi connectivity index (χ0v) is 17.5. The van der Waals surface area contributed by atoms with Gasteiger partial charge in [-0.25, -0.2) is 0 Å². The van der Waals surface area contributed by atoms with E-state index in [2.05, 4.69) is 16.8 Å². The fourth-order valence-corrected chi connectivity index (χ4v) is 3.82. The minimum absolute atomic E-state index is 0.0937. The summed E-state index contributed by atoms with van der Waals surface area (Å²) in [6, 6.07) is 14.0. The van der Waals surface area contributed by atoms with Gasteiger partial charge in [0.05, 0.1) is 12.0 Å². The van der Waals surface area contributed by atoms with Crippen molar-refractivity contribution in [1.29, 1.82) is 0 Å². The van der Waals surface area contributed by atoms with Crippen LogP contribution in [-0.2, 0) is 12.3 Å². The standard InChI is InChI=1S/C21H22N4O4S/c1-4-13-24-20(15(2)29-18-11-9-17(28-3)10-12-18)22-23-21(24)30-14-16-7-5-6-8-19(16)25(26)27/h4-12,15H,1,13-14H2,2-3H3. The lowest BCUT2D eigenvalue weighted by molar-refractivity contribution is -0.385. The third-order valence-electron chi connectivity index (χ3n) is 4.34. The maximum atomic E-state index is 11.2. The number of rotatable bonds is 10. The van der Waals surface area contributed by atoms with Gasteiger partial charge < -0.3 is 9.47 Å². The van der Waals surface area contributed by atoms with E-state index < -0.39 is 0 Å². The Morgan fingerprint density at radius 1 is 1.20 bits per heavy atom. The van der Waals surface area contributed by atoms with E-state index in [9.17, 15) is 10.1 Å². The Hall–Kier alpha value is -3.33. The maximum absolute atomic E-state index is 11.2. The lowest BCUT2D eigenvalue weighted by Gasteiger charge is -2.16. The van der Waals surface area contributed by atoms with Crippen molar-refractivity contribution < 1.29 is 14.4 Å². The highest BCUT2D eigenvalue weighted by Crippen LogP contribution is 2.29. The van der Waals surface area contributed by atoms with E-state index in [1.807, 2.05) is 35.8 Å². The second kappa shape index (κ2) is 9.93. The highest BCUT2D eigenvalue weighted by Gasteiger charge is 2.20. The Balaban J connectivity index is 1.77. The van der Waals surface area contributed by atoms with Crippen molar-refractivity contribution in [1.82, 2.24) is 14.8 Å². The van der Waals surface area contributed by atoms with Gasteiger partial charge in [0.25, 0.3) is 5.69 Å². The largest absolute Gasteiger partial charge is 0.497 e. The summed E-state index contributed by atoms with van der Waals surface area (Å²) in [5, 5.41) is 20.4. The molecule has 1 unspecified atom stereocenters. The lowest BCUT2D eigenvalue weighted by atomic mass is 10.2. The van der Waals surface area contributed by atoms with Gasteiger partial charge in [0.2, 0.25) is 0 Å². The number of ether oxygens (including phenoxy) is 2. The fourth-order valence-electron chi connectivity index (χ4n) is 2.87. The van der Waals surface area contributed by atoms with Gasteiger partial charge in [-0.15, -0.1) is 16.8 Å². The highest BCUT2D eigenvalue weighted by molar-refractivity contribution is 7.98. The second-order valence-electron chi connectivity index (χ2n) is 6.35. The molecule has 0 aliphatic heterocycles. The summed E-state index contributed by atoms with van der Waals surface area (Å²) in [5.74, 6) is 2.49. The van der Waals surface area contributed by atoms with Gasteiger partial charge in [0.15, 0.2) is 17.1 Å². The molecule has 3 rings (SSSR count). The number of nitro benzene ring substituents is 1. The van der Waals surface area contributed by atoms with Gasteiger partial charge in [0.1, 0.15) is 11.5 Å². The minimum atomic E-state index is -0.374. The van der Waals surface area contributed by atoms with E-state index in [4.69, 9.17) is 9.47 Å². The van der Waals surface area contributed by atoms with Crippen molar-refractivity contribution in [2.75, 3.05) is 7.11 Å². The number of thioether (sulfide) groups is 1. The number of methoxy groups -OCH3 is 1. The van der Waals surface area contributed by atoms with Gasteiger partial charge in [-0.3, -0.25) is 14.7 Å². The van der Waals surface area contributed by atoms with Gasteiger partial charge >= 0.3 is 0 Å². The topological polar surface area (TPSA) is 92.3 Å². The van der Waals surface area contributed by atoms with Crippen LogP contribution in [-0.4, -0.2) is 26.8 Å². The molecule has 0 amide bonds. The van der Waals surface area contributed by atoms with Gasteiger partial charge in [-0.2, -0.15) is 0 Å². The number of hydrogen-bond donors (Lipinski definition) is 0. The van der Waals surface area contributed by atoms with Crippen LogP contribution in [0.3, 0.4) is 0 Å². The number of nitro groups is 1. The molecule has 0 saturated carbocycles. The SMILES string of the molecule is C=CCn1c(SCc2ccccc2[N+](=O)[O-])nnc1C(C)Oc1ccc(OC)cc1. The smallest absolute Gasteiger partial charge is 0.273 e. The molecule has 0 aliphatic rings. The van der Waals surface area contributed by atoms with Crippen LogP contribution in [0.2, 0.25) is 0 Å². The van der Waals surface area contributed by atoms with Crippen LogP contribution < -0.4 is 9.47 Å². The molecule has 8 nitrogen and oxygen atoms in total. The molecule has 2 aromatic carbocycles. The first-order valence-electron chi connectivity index (χ1n) is 9.23. The molecule has 156 valence electrons. The molecule has 0 saturated heterocycles. The summed E-state index contributed by atoms with van der Waals surface area (Å²) in [5.41, 5.74) is 0.723. The quantitative estimate of drug-likeness (QED) is 0.199. The van der Waals surface area contributed by atoms with Gasteiger partial charge in [0, 0.05) is 23.9 Å². The average Bonchev–Trinajstić information content (AvgIpc) is 3.16. The van der Waals surface area contributed by atoms with Crippen molar-refractivity contribution in [3.63, 3.8) is 0 Å². The van der Waals surface area contributed by atoms with Crippen molar-refractivity contribution in [3.8, 4) is 11.5 Å². The second-order valence-corrected chi connectivity index (χ2v) is 7.29. The third-order valence-corrected chi connectivity index (χ3v) is 5.35. The molecule has 0 radical (unpaired) electrons.